The van der Waals surface area contributed by atoms with Crippen LogP contribution < -0.4 is 11.5 Å². The smallest absolute Gasteiger partial charge is 0.147 e. The lowest BCUT2D eigenvalue weighted by Crippen LogP contribution is -1.94. The van der Waals surface area contributed by atoms with Gasteiger partial charge in [0.05, 0.1) is 17.3 Å². The molecular weight excluding hydrogens is 191 g/mol. The first-order valence-electron chi connectivity index (χ1n) is 3.58. The van der Waals surface area contributed by atoms with Crippen molar-refractivity contribution in [2.75, 3.05) is 12.3 Å². The van der Waals surface area contributed by atoms with Crippen LogP contribution in [0.4, 0.5) is 10.1 Å². The van der Waals surface area contributed by atoms with Gasteiger partial charge in [-0.05, 0) is 12.1 Å². The van der Waals surface area contributed by atoms with Crippen molar-refractivity contribution in [2.45, 2.75) is 0 Å². The SMILES string of the molecule is NCC#Cc1cc(F)c(N)cc1Cl. The zero-order valence-corrected chi connectivity index (χ0v) is 7.53. The Morgan fingerprint density at radius 2 is 2.15 bits per heavy atom. The molecule has 1 aromatic carbocycles. The summed E-state index contributed by atoms with van der Waals surface area (Å²) in [5, 5.41) is 0.333. The molecule has 68 valence electrons. The van der Waals surface area contributed by atoms with Crippen LogP contribution in [0.25, 0.3) is 0 Å². The van der Waals surface area contributed by atoms with Crippen molar-refractivity contribution in [3.8, 4) is 11.8 Å². The Labute approximate surface area is 80.7 Å². The van der Waals surface area contributed by atoms with Gasteiger partial charge < -0.3 is 11.5 Å². The van der Waals surface area contributed by atoms with Gasteiger partial charge in [-0.1, -0.05) is 23.4 Å². The van der Waals surface area contributed by atoms with E-state index in [0.717, 1.165) is 0 Å². The van der Waals surface area contributed by atoms with Crippen molar-refractivity contribution in [3.05, 3.63) is 28.5 Å². The summed E-state index contributed by atoms with van der Waals surface area (Å²) in [5.74, 6) is 4.69. The van der Waals surface area contributed by atoms with Crippen LogP contribution in [0.3, 0.4) is 0 Å². The minimum Gasteiger partial charge on any atom is -0.396 e. The molecule has 0 heterocycles. The van der Waals surface area contributed by atoms with E-state index in [2.05, 4.69) is 11.8 Å². The highest BCUT2D eigenvalue weighted by Gasteiger charge is 2.03. The van der Waals surface area contributed by atoms with E-state index in [1.807, 2.05) is 0 Å². The van der Waals surface area contributed by atoms with Crippen molar-refractivity contribution in [1.82, 2.24) is 0 Å². The molecule has 0 amide bonds. The summed E-state index contributed by atoms with van der Waals surface area (Å²) in [6, 6.07) is 2.53. The second-order valence-corrected chi connectivity index (χ2v) is 2.77. The van der Waals surface area contributed by atoms with Gasteiger partial charge in [-0.3, -0.25) is 0 Å². The van der Waals surface area contributed by atoms with E-state index < -0.39 is 5.82 Å². The third-order valence-electron chi connectivity index (χ3n) is 1.41. The zero-order valence-electron chi connectivity index (χ0n) is 6.77. The van der Waals surface area contributed by atoms with Gasteiger partial charge in [0.25, 0.3) is 0 Å². The van der Waals surface area contributed by atoms with Gasteiger partial charge in [-0.15, -0.1) is 0 Å². The highest BCUT2D eigenvalue weighted by atomic mass is 35.5. The Kier molecular flexibility index (Phi) is 3.13. The fraction of sp³-hybridized carbons (Fsp3) is 0.111. The third-order valence-corrected chi connectivity index (χ3v) is 1.72. The van der Waals surface area contributed by atoms with Crippen LogP contribution in [-0.2, 0) is 0 Å². The van der Waals surface area contributed by atoms with Crippen LogP contribution in [0.1, 0.15) is 5.56 Å². The van der Waals surface area contributed by atoms with E-state index in [4.69, 9.17) is 23.1 Å². The maximum atomic E-state index is 12.9. The van der Waals surface area contributed by atoms with Crippen molar-refractivity contribution in [1.29, 1.82) is 0 Å². The lowest BCUT2D eigenvalue weighted by Gasteiger charge is -1.99. The topological polar surface area (TPSA) is 52.0 Å². The van der Waals surface area contributed by atoms with E-state index in [1.54, 1.807) is 0 Å². The van der Waals surface area contributed by atoms with Gasteiger partial charge in [-0.25, -0.2) is 4.39 Å². The average molecular weight is 199 g/mol. The fourth-order valence-corrected chi connectivity index (χ4v) is 1.02. The zero-order chi connectivity index (χ0) is 9.84. The number of hydrogen-bond acceptors (Lipinski definition) is 2. The summed E-state index contributed by atoms with van der Waals surface area (Å²) in [7, 11) is 0. The molecule has 0 radical (unpaired) electrons. The average Bonchev–Trinajstić information content (AvgIpc) is 2.09. The summed E-state index contributed by atoms with van der Waals surface area (Å²) in [5.41, 5.74) is 10.9. The minimum absolute atomic E-state index is 0.0169. The summed E-state index contributed by atoms with van der Waals surface area (Å²) < 4.78 is 12.9. The van der Waals surface area contributed by atoms with Gasteiger partial charge in [0.15, 0.2) is 0 Å². The Hall–Kier alpha value is -1.24. The molecule has 0 aliphatic heterocycles. The number of rotatable bonds is 0. The molecule has 0 saturated carbocycles. The van der Waals surface area contributed by atoms with Crippen LogP contribution >= 0.6 is 11.6 Å². The number of halogens is 2. The molecule has 0 aromatic heterocycles. The quantitative estimate of drug-likeness (QED) is 0.489. The van der Waals surface area contributed by atoms with Crippen LogP contribution in [0, 0.1) is 17.7 Å². The number of anilines is 1. The molecule has 0 bridgehead atoms. The van der Waals surface area contributed by atoms with Crippen molar-refractivity contribution in [3.63, 3.8) is 0 Å². The first-order valence-corrected chi connectivity index (χ1v) is 3.96. The lowest BCUT2D eigenvalue weighted by atomic mass is 10.2. The molecule has 4 heteroatoms. The highest BCUT2D eigenvalue weighted by molar-refractivity contribution is 6.32. The third kappa shape index (κ3) is 2.35. The van der Waals surface area contributed by atoms with E-state index in [9.17, 15) is 4.39 Å². The summed E-state index contributed by atoms with van der Waals surface area (Å²) in [4.78, 5) is 0. The Balaban J connectivity index is 3.16. The van der Waals surface area contributed by atoms with Gasteiger partial charge in [0.1, 0.15) is 5.82 Å². The van der Waals surface area contributed by atoms with Crippen molar-refractivity contribution < 1.29 is 4.39 Å². The molecule has 0 aliphatic carbocycles. The van der Waals surface area contributed by atoms with Crippen LogP contribution in [0.2, 0.25) is 5.02 Å². The van der Waals surface area contributed by atoms with E-state index in [0.29, 0.717) is 10.6 Å². The monoisotopic (exact) mass is 198 g/mol. The van der Waals surface area contributed by atoms with Crippen molar-refractivity contribution >= 4 is 17.3 Å². The number of nitrogens with two attached hydrogens (primary N) is 2. The van der Waals surface area contributed by atoms with Gasteiger partial charge in [0.2, 0.25) is 0 Å². The molecule has 13 heavy (non-hydrogen) atoms. The van der Waals surface area contributed by atoms with E-state index in [1.165, 1.54) is 12.1 Å². The van der Waals surface area contributed by atoms with E-state index in [-0.39, 0.29) is 12.2 Å². The molecule has 0 spiro atoms. The second-order valence-electron chi connectivity index (χ2n) is 2.36. The number of nitrogen functional groups attached to an aromatic ring is 1. The first-order chi connectivity index (χ1) is 6.15. The molecule has 0 aliphatic rings. The van der Waals surface area contributed by atoms with Crippen LogP contribution in [-0.4, -0.2) is 6.54 Å². The Bertz CT molecular complexity index is 379. The molecule has 2 nitrogen and oxygen atoms in total. The minimum atomic E-state index is -0.522. The highest BCUT2D eigenvalue weighted by Crippen LogP contribution is 2.21. The maximum Gasteiger partial charge on any atom is 0.147 e. The molecule has 0 atom stereocenters. The van der Waals surface area contributed by atoms with Gasteiger partial charge >= 0.3 is 0 Å². The Morgan fingerprint density at radius 1 is 1.46 bits per heavy atom. The standard InChI is InChI=1S/C9H8ClFN2/c10-7-5-9(13)8(11)4-6(7)2-1-3-12/h4-5H,3,12-13H2. The normalized spacial score (nSPS) is 9.15. The van der Waals surface area contributed by atoms with Crippen LogP contribution in [0.15, 0.2) is 12.1 Å². The molecule has 4 N–H and O–H groups in total. The molecule has 1 aromatic rings. The summed E-state index contributed by atoms with van der Waals surface area (Å²) in [6.45, 7) is 0.211. The number of benzene rings is 1. The fourth-order valence-electron chi connectivity index (χ4n) is 0.804. The Morgan fingerprint density at radius 3 is 2.77 bits per heavy atom. The predicted octanol–water partition coefficient (Wildman–Crippen LogP) is 1.37. The molecule has 0 saturated heterocycles. The molecule has 1 rings (SSSR count). The summed E-state index contributed by atoms with van der Waals surface area (Å²) >= 11 is 5.75. The van der Waals surface area contributed by atoms with Gasteiger partial charge in [0, 0.05) is 5.56 Å². The predicted molar refractivity (Wildman–Crippen MR) is 51.8 cm³/mol. The van der Waals surface area contributed by atoms with Gasteiger partial charge in [-0.2, -0.15) is 0 Å². The van der Waals surface area contributed by atoms with E-state index >= 15 is 0 Å². The van der Waals surface area contributed by atoms with Crippen molar-refractivity contribution in [2.24, 2.45) is 5.73 Å². The molecule has 0 fully saturated rings. The first kappa shape index (κ1) is 9.85. The second kappa shape index (κ2) is 4.13. The molecule has 0 unspecified atom stereocenters. The summed E-state index contributed by atoms with van der Waals surface area (Å²) in [6.07, 6.45) is 0. The maximum absolute atomic E-state index is 12.9. The lowest BCUT2D eigenvalue weighted by molar-refractivity contribution is 0.632. The number of hydrogen-bond donors (Lipinski definition) is 2. The van der Waals surface area contributed by atoms with Crippen LogP contribution in [0.5, 0.6) is 0 Å². The molecular formula is C9H8ClFN2. The largest absolute Gasteiger partial charge is 0.396 e.